The average Bonchev–Trinajstić information content (AvgIpc) is 2.83. The molecule has 0 bridgehead atoms. The predicted octanol–water partition coefficient (Wildman–Crippen LogP) is 2.13. The van der Waals surface area contributed by atoms with E-state index in [1.165, 1.54) is 0 Å². The van der Waals surface area contributed by atoms with Gasteiger partial charge in [-0.2, -0.15) is 0 Å². The molecule has 1 amide bonds. The third kappa shape index (κ3) is 3.55. The molecule has 1 fully saturated rings. The van der Waals surface area contributed by atoms with E-state index >= 15 is 0 Å². The highest BCUT2D eigenvalue weighted by Crippen LogP contribution is 2.40. The van der Waals surface area contributed by atoms with E-state index in [0.29, 0.717) is 36.2 Å². The highest BCUT2D eigenvalue weighted by atomic mass is 35.5. The fourth-order valence-corrected chi connectivity index (χ4v) is 4.20. The van der Waals surface area contributed by atoms with Crippen molar-refractivity contribution in [2.24, 2.45) is 0 Å². The number of likely N-dealkylation sites (N-methyl/N-ethyl adjacent to an activating group) is 1. The Morgan fingerprint density at radius 3 is 2.92 bits per heavy atom. The summed E-state index contributed by atoms with van der Waals surface area (Å²) in [6.45, 7) is 3.98. The van der Waals surface area contributed by atoms with E-state index in [9.17, 15) is 9.90 Å². The minimum atomic E-state index is -0.600. The van der Waals surface area contributed by atoms with Crippen LogP contribution in [0.3, 0.4) is 0 Å². The molecule has 1 aliphatic carbocycles. The average molecular weight is 373 g/mol. The molecule has 0 radical (unpaired) electrons. The van der Waals surface area contributed by atoms with Crippen LogP contribution < -0.4 is 0 Å². The van der Waals surface area contributed by atoms with E-state index in [1.54, 1.807) is 6.07 Å². The molecule has 1 N–H and O–H groups in total. The van der Waals surface area contributed by atoms with Crippen LogP contribution in [0.1, 0.15) is 24.1 Å². The van der Waals surface area contributed by atoms with Crippen LogP contribution in [0.2, 0.25) is 10.0 Å². The standard InChI is InChI=1S/C17H22Cl2N2O3/c1-10-8-21(3-4-24-10)16(23)9-20(2)17-13-5-11(18)6-14(19)12(13)7-15(17)22/h5-6,10,15,17,22H,3-4,7-9H2,1-2H3/t10-,15+,17+/m1/s1. The van der Waals surface area contributed by atoms with Gasteiger partial charge in [-0.15, -0.1) is 0 Å². The number of hydrogen-bond acceptors (Lipinski definition) is 4. The van der Waals surface area contributed by atoms with Gasteiger partial charge in [0.15, 0.2) is 0 Å². The molecule has 1 aliphatic heterocycles. The number of carbonyl (C=O) groups is 1. The highest BCUT2D eigenvalue weighted by Gasteiger charge is 2.37. The van der Waals surface area contributed by atoms with E-state index in [-0.39, 0.29) is 24.6 Å². The van der Waals surface area contributed by atoms with Crippen LogP contribution in [0.5, 0.6) is 0 Å². The summed E-state index contributed by atoms with van der Waals surface area (Å²) in [5.41, 5.74) is 1.82. The zero-order valence-corrected chi connectivity index (χ0v) is 15.3. The lowest BCUT2D eigenvalue weighted by molar-refractivity contribution is -0.140. The first-order valence-electron chi connectivity index (χ1n) is 8.12. The van der Waals surface area contributed by atoms with Gasteiger partial charge in [-0.05, 0) is 37.2 Å². The summed E-state index contributed by atoms with van der Waals surface area (Å²) in [7, 11) is 1.85. The fraction of sp³-hybridized carbons (Fsp3) is 0.588. The van der Waals surface area contributed by atoms with Crippen LogP contribution in [0.15, 0.2) is 12.1 Å². The molecular formula is C17H22Cl2N2O3. The first-order chi connectivity index (χ1) is 11.4. The zero-order valence-electron chi connectivity index (χ0n) is 13.8. The van der Waals surface area contributed by atoms with Crippen molar-refractivity contribution < 1.29 is 14.6 Å². The number of carbonyl (C=O) groups excluding carboxylic acids is 1. The maximum atomic E-state index is 12.6. The molecule has 3 rings (SSSR count). The predicted molar refractivity (Wildman–Crippen MR) is 93.5 cm³/mol. The molecular weight excluding hydrogens is 351 g/mol. The lowest BCUT2D eigenvalue weighted by atomic mass is 10.1. The molecule has 0 aromatic heterocycles. The molecule has 0 unspecified atom stereocenters. The Morgan fingerprint density at radius 1 is 1.46 bits per heavy atom. The Kier molecular flexibility index (Phi) is 5.37. The van der Waals surface area contributed by atoms with Gasteiger partial charge in [-0.3, -0.25) is 9.69 Å². The van der Waals surface area contributed by atoms with Crippen molar-refractivity contribution in [3.05, 3.63) is 33.3 Å². The Morgan fingerprint density at radius 2 is 2.21 bits per heavy atom. The maximum absolute atomic E-state index is 12.6. The van der Waals surface area contributed by atoms with Crippen molar-refractivity contribution >= 4 is 29.1 Å². The number of morpholine rings is 1. The molecule has 5 nitrogen and oxygen atoms in total. The summed E-state index contributed by atoms with van der Waals surface area (Å²) < 4.78 is 5.48. The number of nitrogens with zero attached hydrogens (tertiary/aromatic N) is 2. The second kappa shape index (κ2) is 7.18. The van der Waals surface area contributed by atoms with Gasteiger partial charge in [0.25, 0.3) is 0 Å². The van der Waals surface area contributed by atoms with Crippen LogP contribution >= 0.6 is 23.2 Å². The van der Waals surface area contributed by atoms with Crippen molar-refractivity contribution in [3.8, 4) is 0 Å². The number of benzene rings is 1. The summed E-state index contributed by atoms with van der Waals surface area (Å²) in [5.74, 6) is 0.0430. The Labute approximate surface area is 152 Å². The number of amides is 1. The van der Waals surface area contributed by atoms with Crippen LogP contribution in [0, 0.1) is 0 Å². The first-order valence-corrected chi connectivity index (χ1v) is 8.88. The summed E-state index contributed by atoms with van der Waals surface area (Å²) in [4.78, 5) is 16.3. The molecule has 1 heterocycles. The number of rotatable bonds is 3. The maximum Gasteiger partial charge on any atom is 0.236 e. The molecule has 1 saturated heterocycles. The molecule has 7 heteroatoms. The minimum Gasteiger partial charge on any atom is -0.391 e. The molecule has 132 valence electrons. The lowest BCUT2D eigenvalue weighted by Crippen LogP contribution is -2.48. The number of ether oxygens (including phenoxy) is 1. The van der Waals surface area contributed by atoms with Gasteiger partial charge in [0.1, 0.15) is 0 Å². The third-order valence-electron chi connectivity index (χ3n) is 4.74. The van der Waals surface area contributed by atoms with E-state index < -0.39 is 6.10 Å². The zero-order chi connectivity index (χ0) is 17.4. The minimum absolute atomic E-state index is 0.0430. The van der Waals surface area contributed by atoms with Gasteiger partial charge in [0.05, 0.1) is 31.4 Å². The second-order valence-electron chi connectivity index (χ2n) is 6.61. The van der Waals surface area contributed by atoms with Crippen molar-refractivity contribution in [2.45, 2.75) is 31.6 Å². The van der Waals surface area contributed by atoms with Gasteiger partial charge in [-0.25, -0.2) is 0 Å². The number of aliphatic hydroxyl groups is 1. The van der Waals surface area contributed by atoms with E-state index in [1.807, 2.05) is 29.8 Å². The second-order valence-corrected chi connectivity index (χ2v) is 7.45. The van der Waals surface area contributed by atoms with Crippen LogP contribution in [0.4, 0.5) is 0 Å². The first kappa shape index (κ1) is 18.0. The Balaban J connectivity index is 1.74. The van der Waals surface area contributed by atoms with Gasteiger partial charge in [-0.1, -0.05) is 23.2 Å². The van der Waals surface area contributed by atoms with Crippen LogP contribution in [-0.2, 0) is 16.0 Å². The normalized spacial score (nSPS) is 26.8. The Hall–Kier alpha value is -0.850. The summed E-state index contributed by atoms with van der Waals surface area (Å²) in [6, 6.07) is 3.25. The number of fused-ring (bicyclic) bond motifs is 1. The van der Waals surface area contributed by atoms with Gasteiger partial charge < -0.3 is 14.7 Å². The van der Waals surface area contributed by atoms with Crippen molar-refractivity contribution in [1.82, 2.24) is 9.80 Å². The van der Waals surface area contributed by atoms with Gasteiger partial charge >= 0.3 is 0 Å². The van der Waals surface area contributed by atoms with Gasteiger partial charge in [0.2, 0.25) is 5.91 Å². The van der Waals surface area contributed by atoms with Crippen molar-refractivity contribution in [1.29, 1.82) is 0 Å². The monoisotopic (exact) mass is 372 g/mol. The topological polar surface area (TPSA) is 53.0 Å². The van der Waals surface area contributed by atoms with Crippen molar-refractivity contribution in [3.63, 3.8) is 0 Å². The van der Waals surface area contributed by atoms with Crippen LogP contribution in [0.25, 0.3) is 0 Å². The van der Waals surface area contributed by atoms with E-state index in [0.717, 1.165) is 11.1 Å². The van der Waals surface area contributed by atoms with Crippen molar-refractivity contribution in [2.75, 3.05) is 33.3 Å². The molecule has 1 aromatic rings. The molecule has 0 saturated carbocycles. The highest BCUT2D eigenvalue weighted by molar-refractivity contribution is 6.35. The largest absolute Gasteiger partial charge is 0.391 e. The lowest BCUT2D eigenvalue weighted by Gasteiger charge is -2.34. The van der Waals surface area contributed by atoms with E-state index in [4.69, 9.17) is 27.9 Å². The molecule has 24 heavy (non-hydrogen) atoms. The third-order valence-corrected chi connectivity index (χ3v) is 5.30. The Bertz CT molecular complexity index is 641. The number of halogens is 2. The quantitative estimate of drug-likeness (QED) is 0.882. The van der Waals surface area contributed by atoms with Gasteiger partial charge in [0, 0.05) is 29.6 Å². The molecule has 3 atom stereocenters. The number of aliphatic hydroxyl groups excluding tert-OH is 1. The molecule has 0 spiro atoms. The molecule has 1 aromatic carbocycles. The smallest absolute Gasteiger partial charge is 0.236 e. The number of hydrogen-bond donors (Lipinski definition) is 1. The van der Waals surface area contributed by atoms with E-state index in [2.05, 4.69) is 0 Å². The summed E-state index contributed by atoms with van der Waals surface area (Å²) >= 11 is 12.4. The fourth-order valence-electron chi connectivity index (χ4n) is 3.62. The summed E-state index contributed by atoms with van der Waals surface area (Å²) in [5, 5.41) is 11.6. The summed E-state index contributed by atoms with van der Waals surface area (Å²) in [6.07, 6.45) is -0.0656. The van der Waals surface area contributed by atoms with Crippen LogP contribution in [-0.4, -0.2) is 66.3 Å². The SMILES string of the molecule is C[C@@H]1CN(C(=O)CN(C)[C@H]2c3cc(Cl)cc(Cl)c3C[C@@H]2O)CCO1. The molecule has 2 aliphatic rings.